The van der Waals surface area contributed by atoms with E-state index in [4.69, 9.17) is 0 Å². The van der Waals surface area contributed by atoms with Gasteiger partial charge in [0.15, 0.2) is 5.65 Å². The van der Waals surface area contributed by atoms with Gasteiger partial charge in [-0.05, 0) is 37.3 Å². The molecular formula is C20H18F3N5O2. The van der Waals surface area contributed by atoms with Gasteiger partial charge in [-0.3, -0.25) is 4.79 Å². The topological polar surface area (TPSA) is 73.1 Å². The third-order valence-corrected chi connectivity index (χ3v) is 4.81. The summed E-state index contributed by atoms with van der Waals surface area (Å²) in [5.41, 5.74) is 2.28. The number of nitrogens with zero attached hydrogens (tertiary/aromatic N) is 5. The summed E-state index contributed by atoms with van der Waals surface area (Å²) in [5.74, 6) is 0.178. The molecule has 3 aromatic rings. The number of hydrogen-bond donors (Lipinski definition) is 0. The number of aromatic nitrogens is 4. The van der Waals surface area contributed by atoms with Crippen LogP contribution in [0.1, 0.15) is 18.7 Å². The minimum absolute atomic E-state index is 0.0231. The first-order valence-electron chi connectivity index (χ1n) is 9.22. The predicted octanol–water partition coefficient (Wildman–Crippen LogP) is 3.43. The molecule has 30 heavy (non-hydrogen) atoms. The van der Waals surface area contributed by atoms with Crippen molar-refractivity contribution in [2.24, 2.45) is 7.05 Å². The molecule has 3 heterocycles. The van der Waals surface area contributed by atoms with Crippen molar-refractivity contribution >= 4 is 17.1 Å². The fourth-order valence-corrected chi connectivity index (χ4v) is 3.29. The normalized spacial score (nSPS) is 15.0. The number of alkyl halides is 3. The van der Waals surface area contributed by atoms with E-state index in [1.807, 2.05) is 0 Å². The van der Waals surface area contributed by atoms with E-state index in [1.54, 1.807) is 35.8 Å². The summed E-state index contributed by atoms with van der Waals surface area (Å²) >= 11 is 0. The van der Waals surface area contributed by atoms with Gasteiger partial charge in [0.1, 0.15) is 22.8 Å². The second kappa shape index (κ2) is 7.43. The number of amides is 1. The number of benzene rings is 1. The Bertz CT molecular complexity index is 1120. The van der Waals surface area contributed by atoms with E-state index in [0.29, 0.717) is 41.3 Å². The maximum atomic E-state index is 12.4. The molecule has 10 heteroatoms. The van der Waals surface area contributed by atoms with Gasteiger partial charge in [-0.1, -0.05) is 6.08 Å². The Kier molecular flexibility index (Phi) is 4.92. The Balaban J connectivity index is 1.66. The highest BCUT2D eigenvalue weighted by Gasteiger charge is 2.34. The van der Waals surface area contributed by atoms with Crippen LogP contribution in [-0.4, -0.2) is 49.8 Å². The lowest BCUT2D eigenvalue weighted by Crippen LogP contribution is -2.48. The smallest absolute Gasteiger partial charge is 0.406 e. The number of fused-ring (bicyclic) bond motifs is 1. The van der Waals surface area contributed by atoms with Crippen molar-refractivity contribution in [3.05, 3.63) is 48.6 Å². The van der Waals surface area contributed by atoms with Crippen LogP contribution in [0.5, 0.6) is 5.75 Å². The molecule has 2 aromatic heterocycles. The van der Waals surface area contributed by atoms with Crippen LogP contribution in [0.3, 0.4) is 0 Å². The number of rotatable bonds is 4. The van der Waals surface area contributed by atoms with Gasteiger partial charge >= 0.3 is 6.36 Å². The number of allylic oxidation sites excluding steroid dienone is 1. The van der Waals surface area contributed by atoms with Crippen molar-refractivity contribution in [3.8, 4) is 17.0 Å². The highest BCUT2D eigenvalue weighted by Crippen LogP contribution is 2.32. The van der Waals surface area contributed by atoms with Crippen molar-refractivity contribution in [3.63, 3.8) is 0 Å². The van der Waals surface area contributed by atoms with E-state index in [0.717, 1.165) is 0 Å². The molecule has 0 radical (unpaired) electrons. The average molecular weight is 417 g/mol. The maximum Gasteiger partial charge on any atom is 0.573 e. The van der Waals surface area contributed by atoms with Crippen LogP contribution >= 0.6 is 0 Å². The third-order valence-electron chi connectivity index (χ3n) is 4.81. The monoisotopic (exact) mass is 417 g/mol. The lowest BCUT2D eigenvalue weighted by molar-refractivity contribution is -0.274. The van der Waals surface area contributed by atoms with Gasteiger partial charge in [0.05, 0.1) is 12.2 Å². The maximum absolute atomic E-state index is 12.4. The number of imidazole rings is 1. The summed E-state index contributed by atoms with van der Waals surface area (Å²) in [7, 11) is 1.80. The van der Waals surface area contributed by atoms with E-state index in [9.17, 15) is 18.0 Å². The Morgan fingerprint density at radius 1 is 1.20 bits per heavy atom. The summed E-state index contributed by atoms with van der Waals surface area (Å²) in [5, 5.41) is 0. The van der Waals surface area contributed by atoms with Crippen LogP contribution in [0, 0.1) is 0 Å². The zero-order valence-corrected chi connectivity index (χ0v) is 16.2. The minimum Gasteiger partial charge on any atom is -0.406 e. The van der Waals surface area contributed by atoms with Crippen LogP contribution in [-0.2, 0) is 11.8 Å². The standard InChI is InChI=1S/C20H18F3N5O2/c1-3-4-15(29)28-9-13(10-28)18-25-16(17-19(26-18)27(2)11-24-17)12-5-7-14(8-6-12)30-20(21,22)23/h3-8,11,13H,9-10H2,1-2H3. The molecule has 1 saturated heterocycles. The van der Waals surface area contributed by atoms with E-state index in [1.165, 1.54) is 30.3 Å². The Hall–Kier alpha value is -3.43. The number of likely N-dealkylation sites (tertiary alicyclic amines) is 1. The van der Waals surface area contributed by atoms with Gasteiger partial charge in [0.2, 0.25) is 5.91 Å². The number of aryl methyl sites for hydroxylation is 1. The molecule has 0 spiro atoms. The molecule has 1 amide bonds. The molecule has 156 valence electrons. The molecule has 4 rings (SSSR count). The van der Waals surface area contributed by atoms with Crippen LogP contribution in [0.15, 0.2) is 42.7 Å². The molecule has 0 saturated carbocycles. The first-order valence-corrected chi connectivity index (χ1v) is 9.22. The second-order valence-corrected chi connectivity index (χ2v) is 6.97. The van der Waals surface area contributed by atoms with Crippen LogP contribution in [0.2, 0.25) is 0 Å². The number of ether oxygens (including phenoxy) is 1. The van der Waals surface area contributed by atoms with Gasteiger partial charge < -0.3 is 14.2 Å². The predicted molar refractivity (Wildman–Crippen MR) is 103 cm³/mol. The molecule has 0 N–H and O–H groups in total. The molecule has 0 atom stereocenters. The van der Waals surface area contributed by atoms with E-state index < -0.39 is 6.36 Å². The molecule has 7 nitrogen and oxygen atoms in total. The van der Waals surface area contributed by atoms with E-state index in [-0.39, 0.29) is 17.6 Å². The fourth-order valence-electron chi connectivity index (χ4n) is 3.29. The fraction of sp³-hybridized carbons (Fsp3) is 0.300. The highest BCUT2D eigenvalue weighted by molar-refractivity contribution is 5.89. The molecule has 1 aliphatic heterocycles. The summed E-state index contributed by atoms with van der Waals surface area (Å²) in [6, 6.07) is 5.48. The molecule has 1 aliphatic rings. The zero-order chi connectivity index (χ0) is 21.5. The average Bonchev–Trinajstić information content (AvgIpc) is 3.01. The summed E-state index contributed by atoms with van der Waals surface area (Å²) < 4.78 is 42.9. The van der Waals surface area contributed by atoms with Crippen LogP contribution in [0.4, 0.5) is 13.2 Å². The summed E-state index contributed by atoms with van der Waals surface area (Å²) in [4.78, 5) is 27.2. The van der Waals surface area contributed by atoms with Crippen molar-refractivity contribution < 1.29 is 22.7 Å². The molecule has 1 aromatic carbocycles. The quantitative estimate of drug-likeness (QED) is 0.608. The van der Waals surface area contributed by atoms with Crippen LogP contribution < -0.4 is 4.74 Å². The van der Waals surface area contributed by atoms with Crippen molar-refractivity contribution in [2.45, 2.75) is 19.2 Å². The second-order valence-electron chi connectivity index (χ2n) is 6.97. The lowest BCUT2D eigenvalue weighted by atomic mass is 9.98. The van der Waals surface area contributed by atoms with Crippen molar-refractivity contribution in [1.29, 1.82) is 0 Å². The summed E-state index contributed by atoms with van der Waals surface area (Å²) in [6.07, 6.45) is 0.0598. The number of hydrogen-bond acceptors (Lipinski definition) is 5. The van der Waals surface area contributed by atoms with E-state index in [2.05, 4.69) is 19.7 Å². The third kappa shape index (κ3) is 3.85. The lowest BCUT2D eigenvalue weighted by Gasteiger charge is -2.37. The number of carbonyl (C=O) groups excluding carboxylic acids is 1. The first-order chi connectivity index (χ1) is 14.2. The zero-order valence-electron chi connectivity index (χ0n) is 16.2. The highest BCUT2D eigenvalue weighted by atomic mass is 19.4. The minimum atomic E-state index is -4.75. The largest absolute Gasteiger partial charge is 0.573 e. The van der Waals surface area contributed by atoms with Gasteiger partial charge in [0.25, 0.3) is 0 Å². The van der Waals surface area contributed by atoms with Gasteiger partial charge in [-0.15, -0.1) is 13.2 Å². The van der Waals surface area contributed by atoms with Crippen LogP contribution in [0.25, 0.3) is 22.4 Å². The molecular weight excluding hydrogens is 399 g/mol. The number of carbonyl (C=O) groups is 1. The number of halogens is 3. The van der Waals surface area contributed by atoms with Gasteiger partial charge in [0, 0.05) is 25.7 Å². The van der Waals surface area contributed by atoms with Gasteiger partial charge in [-0.25, -0.2) is 15.0 Å². The van der Waals surface area contributed by atoms with Crippen molar-refractivity contribution in [2.75, 3.05) is 13.1 Å². The molecule has 0 aliphatic carbocycles. The van der Waals surface area contributed by atoms with Gasteiger partial charge in [-0.2, -0.15) is 0 Å². The SMILES string of the molecule is CC=CC(=O)N1CC(c2nc(-c3ccc(OC(F)(F)F)cc3)c3ncn(C)c3n2)C1. The Labute approximate surface area is 169 Å². The Morgan fingerprint density at radius 3 is 2.53 bits per heavy atom. The Morgan fingerprint density at radius 2 is 1.90 bits per heavy atom. The molecule has 0 unspecified atom stereocenters. The van der Waals surface area contributed by atoms with E-state index >= 15 is 0 Å². The van der Waals surface area contributed by atoms with Crippen molar-refractivity contribution in [1.82, 2.24) is 24.4 Å². The molecule has 0 bridgehead atoms. The summed E-state index contributed by atoms with van der Waals surface area (Å²) in [6.45, 7) is 2.79. The molecule has 1 fully saturated rings. The first kappa shape index (κ1) is 19.9.